The highest BCUT2D eigenvalue weighted by Crippen LogP contribution is 2.77. The lowest BCUT2D eigenvalue weighted by Gasteiger charge is -2.72. The maximum Gasteiger partial charge on any atom is 0.309 e. The van der Waals surface area contributed by atoms with Gasteiger partial charge in [0.1, 0.15) is 6.10 Å². The minimum absolute atomic E-state index is 0.00434. The summed E-state index contributed by atoms with van der Waals surface area (Å²) in [6.45, 7) is 20.4. The van der Waals surface area contributed by atoms with Crippen LogP contribution in [0.1, 0.15) is 132 Å². The Morgan fingerprint density at radius 2 is 1.60 bits per heavy atom. The number of fused-ring (bicyclic) bond motifs is 7. The van der Waals surface area contributed by atoms with Crippen molar-refractivity contribution in [3.63, 3.8) is 0 Å². The standard InChI is InChI=1S/C47H71N3O7/c1-29(2)39-32(51)24-47(35(52)27-50(28-37(53)49(10)11)26-30-16-22-48-23-17-30)21-20-45(8)31(40(39)47)12-13-34-44(7)18-15-36(57-38(54)25-42(3,4)41(55)56)43(5,6)33(44)14-19-46(34,45)9/h16-17,22-23,29,31,33-36,52H,12-15,18-21,24-28H2,1-11H3,(H,55,56)/t31-,33-,34-,35+,36+,44+,45-,46-,47+/m1/s1. The SMILES string of the molecule is CC(C)C1=C2[C@H]3CC[C@@H]4[C@@]5(C)CC[C@H](OC(=O)CC(C)(C)C(=O)O)C(C)(C)[C@H]5CC[C@@]4(C)[C@]3(C)CC[C@@]2([C@@H](O)CN(CC(=O)N(C)C)Cc2ccncc2)CC1=O. The van der Waals surface area contributed by atoms with Gasteiger partial charge in [-0.3, -0.25) is 29.1 Å². The molecule has 0 aliphatic heterocycles. The van der Waals surface area contributed by atoms with Gasteiger partial charge in [-0.05, 0) is 128 Å². The number of esters is 1. The number of ketones is 1. The van der Waals surface area contributed by atoms with Gasteiger partial charge in [-0.2, -0.15) is 0 Å². The smallest absolute Gasteiger partial charge is 0.309 e. The lowest BCUT2D eigenvalue weighted by molar-refractivity contribution is -0.235. The number of aliphatic hydroxyl groups excluding tert-OH is 1. The molecule has 9 atom stereocenters. The zero-order valence-electron chi connectivity index (χ0n) is 36.7. The number of nitrogens with zero attached hydrogens (tertiary/aromatic N) is 3. The average molecular weight is 790 g/mol. The lowest BCUT2D eigenvalue weighted by atomic mass is 9.33. The molecule has 1 aromatic heterocycles. The van der Waals surface area contributed by atoms with Crippen molar-refractivity contribution in [2.75, 3.05) is 27.2 Å². The number of ether oxygens (including phenoxy) is 1. The number of aliphatic carboxylic acids is 1. The van der Waals surface area contributed by atoms with Gasteiger partial charge in [-0.1, -0.05) is 54.0 Å². The number of aliphatic hydroxyl groups is 1. The van der Waals surface area contributed by atoms with Crippen molar-refractivity contribution in [3.8, 4) is 0 Å². The molecule has 1 aromatic rings. The number of pyridine rings is 1. The van der Waals surface area contributed by atoms with E-state index < -0.39 is 28.9 Å². The lowest BCUT2D eigenvalue weighted by Crippen LogP contribution is -2.66. The number of carbonyl (C=O) groups excluding carboxylic acids is 3. The number of rotatable bonds is 12. The van der Waals surface area contributed by atoms with Gasteiger partial charge < -0.3 is 19.8 Å². The molecule has 0 radical (unpaired) electrons. The summed E-state index contributed by atoms with van der Waals surface area (Å²) in [5.74, 6) is -0.291. The normalized spacial score (nSPS) is 35.2. The van der Waals surface area contributed by atoms with E-state index in [0.717, 1.165) is 62.5 Å². The molecule has 0 bridgehead atoms. The van der Waals surface area contributed by atoms with Crippen LogP contribution in [0.4, 0.5) is 0 Å². The van der Waals surface area contributed by atoms with E-state index in [4.69, 9.17) is 4.74 Å². The fraction of sp³-hybridized carbons (Fsp3) is 0.766. The predicted octanol–water partition coefficient (Wildman–Crippen LogP) is 7.73. The summed E-state index contributed by atoms with van der Waals surface area (Å²) in [4.78, 5) is 60.1. The van der Waals surface area contributed by atoms with Gasteiger partial charge in [0.25, 0.3) is 0 Å². The van der Waals surface area contributed by atoms with Crippen LogP contribution < -0.4 is 0 Å². The molecule has 316 valence electrons. The Balaban J connectivity index is 1.30. The van der Waals surface area contributed by atoms with Crippen LogP contribution >= 0.6 is 0 Å². The van der Waals surface area contributed by atoms with E-state index in [1.807, 2.05) is 17.0 Å². The van der Waals surface area contributed by atoms with Crippen molar-refractivity contribution < 1.29 is 34.1 Å². The molecule has 0 aromatic carbocycles. The molecule has 0 unspecified atom stereocenters. The molecule has 57 heavy (non-hydrogen) atoms. The zero-order chi connectivity index (χ0) is 42.1. The van der Waals surface area contributed by atoms with Gasteiger partial charge >= 0.3 is 11.9 Å². The molecule has 1 amide bonds. The molecule has 2 N–H and O–H groups in total. The molecule has 0 spiro atoms. The molecule has 10 nitrogen and oxygen atoms in total. The molecular formula is C47H71N3O7. The maximum absolute atomic E-state index is 14.3. The van der Waals surface area contributed by atoms with Gasteiger partial charge in [0.2, 0.25) is 5.91 Å². The number of carboxylic acids is 1. The summed E-state index contributed by atoms with van der Waals surface area (Å²) in [6.07, 6.45) is 10.0. The van der Waals surface area contributed by atoms with Crippen LogP contribution in [0, 0.1) is 56.2 Å². The van der Waals surface area contributed by atoms with Crippen molar-refractivity contribution in [1.82, 2.24) is 14.8 Å². The molecule has 5 aliphatic rings. The second-order valence-corrected chi connectivity index (χ2v) is 21.4. The van der Waals surface area contributed by atoms with Crippen molar-refractivity contribution in [3.05, 3.63) is 41.2 Å². The van der Waals surface area contributed by atoms with Gasteiger partial charge in [0.05, 0.1) is 24.5 Å². The minimum atomic E-state index is -1.18. The first-order valence-electron chi connectivity index (χ1n) is 21.6. The van der Waals surface area contributed by atoms with E-state index in [2.05, 4.69) is 53.5 Å². The Hall–Kier alpha value is -3.11. The summed E-state index contributed by atoms with van der Waals surface area (Å²) in [7, 11) is 3.51. The Labute approximate surface area is 341 Å². The summed E-state index contributed by atoms with van der Waals surface area (Å²) in [6, 6.07) is 3.89. The molecule has 0 saturated heterocycles. The van der Waals surface area contributed by atoms with Crippen LogP contribution in [0.15, 0.2) is 35.7 Å². The summed E-state index contributed by atoms with van der Waals surface area (Å²) in [5, 5.41) is 22.3. The van der Waals surface area contributed by atoms with E-state index in [1.165, 1.54) is 5.57 Å². The number of likely N-dealkylation sites (N-methyl/N-ethyl adjacent to an activating group) is 1. The number of carboxylic acid groups (broad SMARTS) is 1. The second-order valence-electron chi connectivity index (χ2n) is 21.4. The quantitative estimate of drug-likeness (QED) is 0.204. The summed E-state index contributed by atoms with van der Waals surface area (Å²) < 4.78 is 6.18. The van der Waals surface area contributed by atoms with Crippen LogP contribution in [0.2, 0.25) is 0 Å². The fourth-order valence-electron chi connectivity index (χ4n) is 13.6. The topological polar surface area (TPSA) is 137 Å². The van der Waals surface area contributed by atoms with E-state index >= 15 is 0 Å². The van der Waals surface area contributed by atoms with Crippen LogP contribution in [0.5, 0.6) is 0 Å². The van der Waals surface area contributed by atoms with Crippen molar-refractivity contribution >= 4 is 23.6 Å². The average Bonchev–Trinajstić information content (AvgIpc) is 3.43. The van der Waals surface area contributed by atoms with Crippen LogP contribution in [-0.2, 0) is 30.5 Å². The van der Waals surface area contributed by atoms with E-state index in [0.29, 0.717) is 31.3 Å². The van der Waals surface area contributed by atoms with E-state index in [-0.39, 0.29) is 64.3 Å². The Bertz CT molecular complexity index is 1770. The molecule has 4 fully saturated rings. The maximum atomic E-state index is 14.3. The third kappa shape index (κ3) is 7.20. The van der Waals surface area contributed by atoms with Gasteiger partial charge in [0, 0.05) is 56.8 Å². The largest absolute Gasteiger partial charge is 0.481 e. The van der Waals surface area contributed by atoms with Gasteiger partial charge in [-0.15, -0.1) is 0 Å². The molecule has 1 heterocycles. The van der Waals surface area contributed by atoms with Crippen molar-refractivity contribution in [1.29, 1.82) is 0 Å². The van der Waals surface area contributed by atoms with Crippen molar-refractivity contribution in [2.24, 2.45) is 56.2 Å². The number of carbonyl (C=O) groups is 4. The number of allylic oxidation sites excluding steroid dienone is 1. The first-order valence-corrected chi connectivity index (χ1v) is 21.6. The molecule has 5 aliphatic carbocycles. The first kappa shape index (κ1) is 43.5. The summed E-state index contributed by atoms with van der Waals surface area (Å²) in [5.41, 5.74) is 0.991. The summed E-state index contributed by atoms with van der Waals surface area (Å²) >= 11 is 0. The van der Waals surface area contributed by atoms with E-state index in [9.17, 15) is 29.4 Å². The third-order valence-corrected chi connectivity index (χ3v) is 16.9. The first-order chi connectivity index (χ1) is 26.4. The second kappa shape index (κ2) is 15.2. The Morgan fingerprint density at radius 1 is 0.930 bits per heavy atom. The van der Waals surface area contributed by atoms with Crippen LogP contribution in [-0.4, -0.2) is 88.0 Å². The Morgan fingerprint density at radius 3 is 2.21 bits per heavy atom. The highest BCUT2D eigenvalue weighted by atomic mass is 16.5. The van der Waals surface area contributed by atoms with Gasteiger partial charge in [-0.25, -0.2) is 0 Å². The third-order valence-electron chi connectivity index (χ3n) is 16.9. The van der Waals surface area contributed by atoms with E-state index in [1.54, 1.807) is 45.2 Å². The molecule has 6 rings (SSSR count). The number of hydrogen-bond acceptors (Lipinski definition) is 8. The highest BCUT2D eigenvalue weighted by molar-refractivity contribution is 6.00. The molecular weight excluding hydrogens is 719 g/mol. The monoisotopic (exact) mass is 790 g/mol. The fourth-order valence-corrected chi connectivity index (χ4v) is 13.6. The minimum Gasteiger partial charge on any atom is -0.481 e. The Kier molecular flexibility index (Phi) is 11.6. The molecule has 4 saturated carbocycles. The number of hydrogen-bond donors (Lipinski definition) is 2. The number of amides is 1. The van der Waals surface area contributed by atoms with Crippen molar-refractivity contribution in [2.45, 2.75) is 145 Å². The van der Waals surface area contributed by atoms with Crippen LogP contribution in [0.25, 0.3) is 0 Å². The highest BCUT2D eigenvalue weighted by Gasteiger charge is 2.71. The predicted molar refractivity (Wildman–Crippen MR) is 220 cm³/mol. The number of Topliss-reactive ketones (excluding diaryl/α,β-unsaturated/α-hetero) is 1. The van der Waals surface area contributed by atoms with Crippen LogP contribution in [0.3, 0.4) is 0 Å². The molecule has 10 heteroatoms. The van der Waals surface area contributed by atoms with Gasteiger partial charge in [0.15, 0.2) is 5.78 Å². The number of aromatic nitrogens is 1. The zero-order valence-corrected chi connectivity index (χ0v) is 36.7.